The van der Waals surface area contributed by atoms with Crippen LogP contribution in [0.15, 0.2) is 60.3 Å². The average molecular weight is 485 g/mol. The fraction of sp³-hybridized carbons (Fsp3) is 0.308. The minimum absolute atomic E-state index is 0.0463. The number of halogens is 3. The van der Waals surface area contributed by atoms with Gasteiger partial charge in [-0.3, -0.25) is 0 Å². The van der Waals surface area contributed by atoms with E-state index in [1.54, 1.807) is 38.3 Å². The maximum atomic E-state index is 13.4. The molecule has 3 N–H and O–H groups in total. The van der Waals surface area contributed by atoms with E-state index in [4.69, 9.17) is 15.5 Å². The number of aliphatic hydroxyl groups excluding tert-OH is 1. The van der Waals surface area contributed by atoms with E-state index >= 15 is 0 Å². The Hall–Kier alpha value is -3.59. The molecule has 0 amide bonds. The van der Waals surface area contributed by atoms with Crippen molar-refractivity contribution in [3.63, 3.8) is 0 Å². The lowest BCUT2D eigenvalue weighted by molar-refractivity contribution is -0.137. The van der Waals surface area contributed by atoms with Crippen molar-refractivity contribution >= 4 is 11.4 Å². The predicted molar refractivity (Wildman–Crippen MR) is 129 cm³/mol. The van der Waals surface area contributed by atoms with Crippen LogP contribution in [0.2, 0.25) is 0 Å². The summed E-state index contributed by atoms with van der Waals surface area (Å²) < 4.78 is 45.4. The normalized spacial score (nSPS) is 16.9. The Balaban J connectivity index is 1.89. The van der Waals surface area contributed by atoms with E-state index in [0.717, 1.165) is 30.5 Å². The summed E-state index contributed by atoms with van der Waals surface area (Å²) in [6.45, 7) is 2.36. The van der Waals surface area contributed by atoms with Crippen molar-refractivity contribution in [3.05, 3.63) is 77.2 Å². The zero-order valence-corrected chi connectivity index (χ0v) is 19.5. The largest absolute Gasteiger partial charge is 0.497 e. The van der Waals surface area contributed by atoms with Crippen molar-refractivity contribution in [1.29, 1.82) is 0 Å². The summed E-state index contributed by atoms with van der Waals surface area (Å²) >= 11 is 0. The Morgan fingerprint density at radius 3 is 2.51 bits per heavy atom. The number of aliphatic hydroxyl groups is 1. The number of benzene rings is 2. The third-order valence-electron chi connectivity index (χ3n) is 6.08. The molecular formula is C26H27F3N4O2. The van der Waals surface area contributed by atoms with Gasteiger partial charge < -0.3 is 20.5 Å². The van der Waals surface area contributed by atoms with Gasteiger partial charge in [-0.1, -0.05) is 24.3 Å². The maximum Gasteiger partial charge on any atom is 0.416 e. The highest BCUT2D eigenvalue weighted by Gasteiger charge is 2.31. The van der Waals surface area contributed by atoms with Crippen LogP contribution in [0, 0.1) is 0 Å². The number of hydrogen-bond donors (Lipinski definition) is 2. The topological polar surface area (TPSA) is 84.5 Å². The number of methoxy groups -OCH3 is 1. The number of hydrogen-bond acceptors (Lipinski definition) is 6. The van der Waals surface area contributed by atoms with Crippen LogP contribution >= 0.6 is 0 Å². The van der Waals surface area contributed by atoms with Gasteiger partial charge in [-0.25, -0.2) is 9.97 Å². The first-order chi connectivity index (χ1) is 16.7. The van der Waals surface area contributed by atoms with Gasteiger partial charge in [0.2, 0.25) is 0 Å². The molecule has 184 valence electrons. The standard InChI is InChI=1S/C26H27F3N4O2/c1-16(30)24(17-8-10-21(35-2)11-9-17)25-31-22(18-5-3-6-19(13-18)26(27,28)29)14-23(32-25)33-12-4-7-20(33)15-34/h3,5-6,8-11,13-14,20,34H,4,7,12,15,30H2,1-2H3/t20-/m0/s1. The Bertz CT molecular complexity index is 1220. The summed E-state index contributed by atoms with van der Waals surface area (Å²) in [5, 5.41) is 9.85. The molecule has 6 nitrogen and oxygen atoms in total. The van der Waals surface area contributed by atoms with Gasteiger partial charge in [-0.05, 0) is 49.6 Å². The molecule has 1 saturated heterocycles. The van der Waals surface area contributed by atoms with Crippen LogP contribution in [-0.2, 0) is 6.18 Å². The molecule has 0 spiro atoms. The van der Waals surface area contributed by atoms with Gasteiger partial charge >= 0.3 is 6.18 Å². The molecule has 1 aliphatic heterocycles. The molecule has 2 aromatic carbocycles. The van der Waals surface area contributed by atoms with Crippen molar-refractivity contribution in [2.45, 2.75) is 32.0 Å². The van der Waals surface area contributed by atoms with E-state index in [2.05, 4.69) is 4.98 Å². The summed E-state index contributed by atoms with van der Waals surface area (Å²) in [5.41, 5.74) is 7.94. The van der Waals surface area contributed by atoms with Gasteiger partial charge in [0.25, 0.3) is 0 Å². The molecule has 1 aliphatic rings. The second-order valence-corrected chi connectivity index (χ2v) is 8.47. The van der Waals surface area contributed by atoms with Crippen molar-refractivity contribution in [2.24, 2.45) is 5.73 Å². The molecule has 1 aromatic heterocycles. The molecule has 0 saturated carbocycles. The highest BCUT2D eigenvalue weighted by atomic mass is 19.4. The molecule has 1 atom stereocenters. The van der Waals surface area contributed by atoms with E-state index < -0.39 is 11.7 Å². The summed E-state index contributed by atoms with van der Waals surface area (Å²) in [4.78, 5) is 11.4. The molecule has 1 fully saturated rings. The lowest BCUT2D eigenvalue weighted by Gasteiger charge is -2.25. The smallest absolute Gasteiger partial charge is 0.416 e. The van der Waals surface area contributed by atoms with Crippen LogP contribution in [0.4, 0.5) is 19.0 Å². The predicted octanol–water partition coefficient (Wildman–Crippen LogP) is 4.87. The second-order valence-electron chi connectivity index (χ2n) is 8.47. The lowest BCUT2D eigenvalue weighted by Crippen LogP contribution is -2.33. The number of nitrogens with zero attached hydrogens (tertiary/aromatic N) is 3. The van der Waals surface area contributed by atoms with Crippen LogP contribution in [-0.4, -0.2) is 41.4 Å². The van der Waals surface area contributed by atoms with Gasteiger partial charge in [-0.2, -0.15) is 13.2 Å². The molecule has 3 aromatic rings. The van der Waals surface area contributed by atoms with Crippen LogP contribution in [0.25, 0.3) is 16.8 Å². The Morgan fingerprint density at radius 1 is 1.14 bits per heavy atom. The van der Waals surface area contributed by atoms with Crippen LogP contribution in [0.3, 0.4) is 0 Å². The van der Waals surface area contributed by atoms with Crippen molar-refractivity contribution in [3.8, 4) is 17.0 Å². The molecule has 9 heteroatoms. The SMILES string of the molecule is COc1ccc(C(=C(C)N)c2nc(-c3cccc(C(F)(F)F)c3)cc(N3CCC[C@H]3CO)n2)cc1. The van der Waals surface area contributed by atoms with Crippen LogP contribution in [0.5, 0.6) is 5.75 Å². The van der Waals surface area contributed by atoms with Crippen molar-refractivity contribution < 1.29 is 23.0 Å². The minimum Gasteiger partial charge on any atom is -0.497 e. The van der Waals surface area contributed by atoms with Gasteiger partial charge in [0.1, 0.15) is 11.6 Å². The highest BCUT2D eigenvalue weighted by molar-refractivity contribution is 5.80. The monoisotopic (exact) mass is 484 g/mol. The molecule has 0 aliphatic carbocycles. The van der Waals surface area contributed by atoms with Crippen molar-refractivity contribution in [2.75, 3.05) is 25.2 Å². The van der Waals surface area contributed by atoms with E-state index in [1.165, 1.54) is 6.07 Å². The number of anilines is 1. The number of aromatic nitrogens is 2. The van der Waals surface area contributed by atoms with Crippen LogP contribution < -0.4 is 15.4 Å². The third kappa shape index (κ3) is 5.24. The molecule has 0 unspecified atom stereocenters. The third-order valence-corrected chi connectivity index (χ3v) is 6.08. The summed E-state index contributed by atoms with van der Waals surface area (Å²) in [5.74, 6) is 1.50. The van der Waals surface area contributed by atoms with Gasteiger partial charge in [0, 0.05) is 29.4 Å². The molecule has 35 heavy (non-hydrogen) atoms. The first kappa shape index (κ1) is 24.5. The highest BCUT2D eigenvalue weighted by Crippen LogP contribution is 2.35. The molecular weight excluding hydrogens is 457 g/mol. The number of nitrogens with two attached hydrogens (primary N) is 1. The first-order valence-electron chi connectivity index (χ1n) is 11.3. The van der Waals surface area contributed by atoms with E-state index in [9.17, 15) is 18.3 Å². The van der Waals surface area contributed by atoms with E-state index in [0.29, 0.717) is 46.5 Å². The maximum absolute atomic E-state index is 13.4. The zero-order chi connectivity index (χ0) is 25.2. The molecule has 2 heterocycles. The van der Waals surface area contributed by atoms with Gasteiger partial charge in [-0.15, -0.1) is 0 Å². The summed E-state index contributed by atoms with van der Waals surface area (Å²) in [6.07, 6.45) is -2.81. The fourth-order valence-electron chi connectivity index (χ4n) is 4.31. The minimum atomic E-state index is -4.48. The Kier molecular flexibility index (Phi) is 6.98. The van der Waals surface area contributed by atoms with E-state index in [-0.39, 0.29) is 12.6 Å². The quantitative estimate of drug-likeness (QED) is 0.519. The van der Waals surface area contributed by atoms with Crippen molar-refractivity contribution in [1.82, 2.24) is 9.97 Å². The second kappa shape index (κ2) is 9.95. The fourth-order valence-corrected chi connectivity index (χ4v) is 4.31. The molecule has 0 bridgehead atoms. The number of allylic oxidation sites excluding steroid dienone is 1. The summed E-state index contributed by atoms with van der Waals surface area (Å²) in [6, 6.07) is 13.8. The zero-order valence-electron chi connectivity index (χ0n) is 19.5. The average Bonchev–Trinajstić information content (AvgIpc) is 3.33. The Labute approximate surface area is 201 Å². The first-order valence-corrected chi connectivity index (χ1v) is 11.3. The number of rotatable bonds is 6. The van der Waals surface area contributed by atoms with E-state index in [1.807, 2.05) is 17.0 Å². The lowest BCUT2D eigenvalue weighted by atomic mass is 10.0. The number of ether oxygens (including phenoxy) is 1. The molecule has 0 radical (unpaired) electrons. The Morgan fingerprint density at radius 2 is 1.89 bits per heavy atom. The molecule has 4 rings (SSSR count). The van der Waals surface area contributed by atoms with Gasteiger partial charge in [0.05, 0.1) is 31.0 Å². The number of alkyl halides is 3. The van der Waals surface area contributed by atoms with Gasteiger partial charge in [0.15, 0.2) is 5.82 Å². The van der Waals surface area contributed by atoms with Crippen LogP contribution in [0.1, 0.15) is 36.7 Å². The summed E-state index contributed by atoms with van der Waals surface area (Å²) in [7, 11) is 1.57.